The summed E-state index contributed by atoms with van der Waals surface area (Å²) in [5, 5.41) is 9.05. The lowest BCUT2D eigenvalue weighted by Crippen LogP contribution is -2.33. The van der Waals surface area contributed by atoms with E-state index in [0.29, 0.717) is 12.5 Å². The molecule has 88 valence electrons. The van der Waals surface area contributed by atoms with Crippen molar-refractivity contribution < 1.29 is 13.5 Å². The fourth-order valence-corrected chi connectivity index (χ4v) is 2.95. The van der Waals surface area contributed by atoms with Crippen LogP contribution >= 0.6 is 0 Å². The molecule has 2 rings (SSSR count). The van der Waals surface area contributed by atoms with Crippen molar-refractivity contribution in [2.45, 2.75) is 32.1 Å². The van der Waals surface area contributed by atoms with E-state index < -0.39 is 10.0 Å². The van der Waals surface area contributed by atoms with Gasteiger partial charge in [-0.05, 0) is 25.2 Å². The van der Waals surface area contributed by atoms with Crippen LogP contribution in [0.5, 0.6) is 0 Å². The van der Waals surface area contributed by atoms with E-state index >= 15 is 0 Å². The van der Waals surface area contributed by atoms with Crippen LogP contribution in [0.25, 0.3) is 0 Å². The van der Waals surface area contributed by atoms with Gasteiger partial charge in [0.15, 0.2) is 0 Å². The molecule has 0 atom stereocenters. The van der Waals surface area contributed by atoms with E-state index in [1.807, 2.05) is 0 Å². The SMILES string of the molecule is O=S(=O)(CCC1CC1)NCC1(CO)CC1. The lowest BCUT2D eigenvalue weighted by atomic mass is 10.1. The third-order valence-corrected chi connectivity index (χ3v) is 4.81. The van der Waals surface area contributed by atoms with E-state index in [4.69, 9.17) is 5.11 Å². The zero-order valence-corrected chi connectivity index (χ0v) is 9.72. The van der Waals surface area contributed by atoms with E-state index in [-0.39, 0.29) is 17.8 Å². The van der Waals surface area contributed by atoms with E-state index in [9.17, 15) is 8.42 Å². The Morgan fingerprint density at radius 3 is 2.47 bits per heavy atom. The van der Waals surface area contributed by atoms with Gasteiger partial charge in [0, 0.05) is 18.6 Å². The quantitative estimate of drug-likeness (QED) is 0.672. The Balaban J connectivity index is 1.71. The van der Waals surface area contributed by atoms with Gasteiger partial charge in [0.25, 0.3) is 0 Å². The van der Waals surface area contributed by atoms with Crippen LogP contribution in [0.15, 0.2) is 0 Å². The minimum Gasteiger partial charge on any atom is -0.396 e. The summed E-state index contributed by atoms with van der Waals surface area (Å²) >= 11 is 0. The molecule has 0 unspecified atom stereocenters. The minimum absolute atomic E-state index is 0.0954. The summed E-state index contributed by atoms with van der Waals surface area (Å²) in [6.45, 7) is 0.509. The summed E-state index contributed by atoms with van der Waals surface area (Å²) in [6.07, 6.45) is 5.05. The lowest BCUT2D eigenvalue weighted by molar-refractivity contribution is 0.213. The second-order valence-electron chi connectivity index (χ2n) is 5.03. The van der Waals surface area contributed by atoms with Crippen molar-refractivity contribution in [2.24, 2.45) is 11.3 Å². The number of aliphatic hydroxyl groups is 1. The smallest absolute Gasteiger partial charge is 0.211 e. The Bertz CT molecular complexity index is 318. The number of nitrogens with one attached hydrogen (secondary N) is 1. The molecule has 15 heavy (non-hydrogen) atoms. The van der Waals surface area contributed by atoms with Gasteiger partial charge in [-0.25, -0.2) is 13.1 Å². The van der Waals surface area contributed by atoms with Crippen LogP contribution in [0, 0.1) is 11.3 Å². The van der Waals surface area contributed by atoms with Crippen LogP contribution < -0.4 is 4.72 Å². The average Bonchev–Trinajstić information content (AvgIpc) is 3.08. The molecule has 2 fully saturated rings. The maximum absolute atomic E-state index is 11.6. The predicted octanol–water partition coefficient (Wildman–Crippen LogP) is 0.478. The highest BCUT2D eigenvalue weighted by atomic mass is 32.2. The average molecular weight is 233 g/mol. The molecular formula is C10H19NO3S. The third kappa shape index (κ3) is 3.43. The van der Waals surface area contributed by atoms with Gasteiger partial charge in [0.2, 0.25) is 10.0 Å². The fraction of sp³-hybridized carbons (Fsp3) is 1.00. The standard InChI is InChI=1S/C10H19NO3S/c12-8-10(4-5-10)7-11-15(13,14)6-3-9-1-2-9/h9,11-12H,1-8H2. The molecule has 0 radical (unpaired) electrons. The summed E-state index contributed by atoms with van der Waals surface area (Å²) in [5.41, 5.74) is -0.132. The number of aliphatic hydroxyl groups excluding tert-OH is 1. The summed E-state index contributed by atoms with van der Waals surface area (Å²) in [5.74, 6) is 0.897. The molecule has 0 aromatic heterocycles. The maximum atomic E-state index is 11.6. The zero-order valence-electron chi connectivity index (χ0n) is 8.91. The van der Waals surface area contributed by atoms with Gasteiger partial charge in [-0.2, -0.15) is 0 Å². The molecule has 0 aliphatic heterocycles. The molecule has 0 bridgehead atoms. The van der Waals surface area contributed by atoms with Gasteiger partial charge >= 0.3 is 0 Å². The van der Waals surface area contributed by atoms with Crippen LogP contribution in [0.2, 0.25) is 0 Å². The Kier molecular flexibility index (Phi) is 3.05. The van der Waals surface area contributed by atoms with E-state index in [0.717, 1.165) is 19.3 Å². The molecule has 0 heterocycles. The second-order valence-corrected chi connectivity index (χ2v) is 6.96. The highest BCUT2D eigenvalue weighted by Gasteiger charge is 2.42. The number of hydrogen-bond donors (Lipinski definition) is 2. The van der Waals surface area contributed by atoms with Crippen molar-refractivity contribution in [3.63, 3.8) is 0 Å². The first-order chi connectivity index (χ1) is 7.05. The van der Waals surface area contributed by atoms with Crippen molar-refractivity contribution in [2.75, 3.05) is 18.9 Å². The molecule has 0 aromatic carbocycles. The van der Waals surface area contributed by atoms with E-state index in [1.165, 1.54) is 12.8 Å². The summed E-state index contributed by atoms with van der Waals surface area (Å²) < 4.78 is 25.7. The molecule has 0 aromatic rings. The van der Waals surface area contributed by atoms with Crippen molar-refractivity contribution in [1.82, 2.24) is 4.72 Å². The fourth-order valence-electron chi connectivity index (χ4n) is 1.63. The van der Waals surface area contributed by atoms with Crippen LogP contribution in [0.4, 0.5) is 0 Å². The Hall–Kier alpha value is -0.130. The van der Waals surface area contributed by atoms with Gasteiger partial charge in [0.1, 0.15) is 0 Å². The van der Waals surface area contributed by atoms with Gasteiger partial charge < -0.3 is 5.11 Å². The summed E-state index contributed by atoms with van der Waals surface area (Å²) in [7, 11) is -3.10. The van der Waals surface area contributed by atoms with Gasteiger partial charge in [-0.1, -0.05) is 12.8 Å². The predicted molar refractivity (Wildman–Crippen MR) is 57.9 cm³/mol. The van der Waals surface area contributed by atoms with Crippen LogP contribution in [-0.2, 0) is 10.0 Å². The largest absolute Gasteiger partial charge is 0.396 e. The monoisotopic (exact) mass is 233 g/mol. The van der Waals surface area contributed by atoms with Gasteiger partial charge in [-0.15, -0.1) is 0 Å². The minimum atomic E-state index is -3.10. The Morgan fingerprint density at radius 2 is 2.00 bits per heavy atom. The third-order valence-electron chi connectivity index (χ3n) is 3.45. The Labute approximate surface area is 91.1 Å². The molecule has 2 saturated carbocycles. The summed E-state index contributed by atoms with van der Waals surface area (Å²) in [4.78, 5) is 0. The molecular weight excluding hydrogens is 214 g/mol. The maximum Gasteiger partial charge on any atom is 0.211 e. The second kappa shape index (κ2) is 4.03. The number of rotatable bonds is 7. The Morgan fingerprint density at radius 1 is 1.33 bits per heavy atom. The highest BCUT2D eigenvalue weighted by molar-refractivity contribution is 7.89. The molecule has 2 N–H and O–H groups in total. The van der Waals surface area contributed by atoms with Crippen LogP contribution in [0.1, 0.15) is 32.1 Å². The molecule has 0 saturated heterocycles. The van der Waals surface area contributed by atoms with E-state index in [1.54, 1.807) is 0 Å². The first kappa shape index (κ1) is 11.4. The highest BCUT2D eigenvalue weighted by Crippen LogP contribution is 2.44. The first-order valence-electron chi connectivity index (χ1n) is 5.63. The van der Waals surface area contributed by atoms with E-state index in [2.05, 4.69) is 4.72 Å². The molecule has 0 amide bonds. The van der Waals surface area contributed by atoms with Gasteiger partial charge in [0.05, 0.1) is 5.75 Å². The normalized spacial score (nSPS) is 24.1. The lowest BCUT2D eigenvalue weighted by Gasteiger charge is -2.12. The van der Waals surface area contributed by atoms with Crippen molar-refractivity contribution in [1.29, 1.82) is 0 Å². The van der Waals surface area contributed by atoms with Crippen molar-refractivity contribution in [3.05, 3.63) is 0 Å². The topological polar surface area (TPSA) is 66.4 Å². The summed E-state index contributed by atoms with van der Waals surface area (Å²) in [6, 6.07) is 0. The molecule has 5 heteroatoms. The molecule has 0 spiro atoms. The molecule has 2 aliphatic rings. The van der Waals surface area contributed by atoms with Crippen molar-refractivity contribution in [3.8, 4) is 0 Å². The molecule has 2 aliphatic carbocycles. The number of hydrogen-bond acceptors (Lipinski definition) is 3. The van der Waals surface area contributed by atoms with Crippen LogP contribution in [0.3, 0.4) is 0 Å². The number of sulfonamides is 1. The first-order valence-corrected chi connectivity index (χ1v) is 7.29. The molecule has 4 nitrogen and oxygen atoms in total. The zero-order chi connectivity index (χ0) is 10.9. The van der Waals surface area contributed by atoms with Crippen molar-refractivity contribution >= 4 is 10.0 Å². The van der Waals surface area contributed by atoms with Gasteiger partial charge in [-0.3, -0.25) is 0 Å². The van der Waals surface area contributed by atoms with Crippen LogP contribution in [-0.4, -0.2) is 32.4 Å².